The predicted molar refractivity (Wildman–Crippen MR) is 111 cm³/mol. The smallest absolute Gasteiger partial charge is 0.261 e. The summed E-state index contributed by atoms with van der Waals surface area (Å²) in [6.07, 6.45) is 0.980. The number of ether oxygens (including phenoxy) is 1. The molecule has 26 heavy (non-hydrogen) atoms. The number of carbonyl (C=O) groups excluding carboxylic acids is 1. The molecule has 0 radical (unpaired) electrons. The largest absolute Gasteiger partial charge is 0.506 e. The van der Waals surface area contributed by atoms with Gasteiger partial charge in [-0.3, -0.25) is 10.1 Å². The summed E-state index contributed by atoms with van der Waals surface area (Å²) in [5.74, 6) is 0.451. The van der Waals surface area contributed by atoms with Crippen LogP contribution in [0.3, 0.4) is 0 Å². The topological polar surface area (TPSA) is 70.6 Å². The summed E-state index contributed by atoms with van der Waals surface area (Å²) >= 11 is 8.55. The number of anilines is 1. The van der Waals surface area contributed by atoms with Gasteiger partial charge >= 0.3 is 0 Å². The number of phenols is 1. The third-order valence-electron chi connectivity index (χ3n) is 4.08. The maximum absolute atomic E-state index is 12.5. The highest BCUT2D eigenvalue weighted by molar-refractivity contribution is 9.10. The average Bonchev–Trinajstić information content (AvgIpc) is 2.62. The molecule has 0 fully saturated rings. The van der Waals surface area contributed by atoms with E-state index in [1.165, 1.54) is 7.11 Å². The molecule has 0 aromatic heterocycles. The van der Waals surface area contributed by atoms with Crippen LogP contribution >= 0.6 is 28.1 Å². The number of phenolic OH excluding ortho intramolecular Hbond substituents is 1. The minimum absolute atomic E-state index is 0.0636. The molecule has 0 aliphatic heterocycles. The molecular formula is C19H21BrN2O3S. The minimum Gasteiger partial charge on any atom is -0.506 e. The molecule has 138 valence electrons. The summed E-state index contributed by atoms with van der Waals surface area (Å²) in [5, 5.41) is 15.6. The van der Waals surface area contributed by atoms with Gasteiger partial charge in [-0.2, -0.15) is 0 Å². The number of hydrogen-bond donors (Lipinski definition) is 3. The number of hydrogen-bond acceptors (Lipinski definition) is 4. The SMILES string of the molecule is CCC(C)c1ccc(O)c(NC(=S)NC(=O)c2cc(Br)ccc2OC)c1. The van der Waals surface area contributed by atoms with Crippen molar-refractivity contribution in [2.75, 3.05) is 12.4 Å². The fraction of sp³-hybridized carbons (Fsp3) is 0.263. The summed E-state index contributed by atoms with van der Waals surface area (Å²) in [6, 6.07) is 10.5. The van der Waals surface area contributed by atoms with E-state index in [0.717, 1.165) is 16.5 Å². The van der Waals surface area contributed by atoms with Crippen molar-refractivity contribution < 1.29 is 14.6 Å². The first-order valence-electron chi connectivity index (χ1n) is 8.14. The van der Waals surface area contributed by atoms with Crippen LogP contribution in [0.4, 0.5) is 5.69 Å². The van der Waals surface area contributed by atoms with Crippen molar-refractivity contribution in [3.63, 3.8) is 0 Å². The highest BCUT2D eigenvalue weighted by atomic mass is 79.9. The molecule has 0 spiro atoms. The first-order valence-corrected chi connectivity index (χ1v) is 9.34. The zero-order chi connectivity index (χ0) is 19.3. The van der Waals surface area contributed by atoms with Gasteiger partial charge in [0, 0.05) is 4.47 Å². The molecule has 0 aliphatic carbocycles. The van der Waals surface area contributed by atoms with Crippen molar-refractivity contribution in [1.29, 1.82) is 0 Å². The third kappa shape index (κ3) is 4.95. The van der Waals surface area contributed by atoms with Crippen molar-refractivity contribution in [2.24, 2.45) is 0 Å². The first kappa shape index (κ1) is 20.2. The van der Waals surface area contributed by atoms with Gasteiger partial charge in [-0.05, 0) is 60.5 Å². The van der Waals surface area contributed by atoms with Crippen molar-refractivity contribution >= 4 is 44.9 Å². The quantitative estimate of drug-likeness (QED) is 0.463. The van der Waals surface area contributed by atoms with E-state index in [-0.39, 0.29) is 10.9 Å². The second kappa shape index (κ2) is 9.00. The summed E-state index contributed by atoms with van der Waals surface area (Å²) in [7, 11) is 1.50. The normalized spacial score (nSPS) is 11.5. The number of nitrogens with one attached hydrogen (secondary N) is 2. The van der Waals surface area contributed by atoms with E-state index in [2.05, 4.69) is 40.4 Å². The van der Waals surface area contributed by atoms with E-state index in [1.54, 1.807) is 24.3 Å². The van der Waals surface area contributed by atoms with Crippen LogP contribution in [0.1, 0.15) is 42.1 Å². The van der Waals surface area contributed by atoms with Crippen LogP contribution in [-0.4, -0.2) is 23.2 Å². The van der Waals surface area contributed by atoms with Gasteiger partial charge in [0.15, 0.2) is 5.11 Å². The van der Waals surface area contributed by atoms with E-state index in [4.69, 9.17) is 17.0 Å². The van der Waals surface area contributed by atoms with Gasteiger partial charge in [0.05, 0.1) is 18.4 Å². The van der Waals surface area contributed by atoms with Gasteiger partial charge in [0.1, 0.15) is 11.5 Å². The molecule has 1 amide bonds. The van der Waals surface area contributed by atoms with E-state index in [1.807, 2.05) is 12.1 Å². The van der Waals surface area contributed by atoms with Crippen LogP contribution in [0.15, 0.2) is 40.9 Å². The number of methoxy groups -OCH3 is 1. The molecule has 5 nitrogen and oxygen atoms in total. The van der Waals surface area contributed by atoms with Gasteiger partial charge < -0.3 is 15.2 Å². The molecule has 2 rings (SSSR count). The molecule has 7 heteroatoms. The van der Waals surface area contributed by atoms with Crippen LogP contribution in [0.25, 0.3) is 0 Å². The summed E-state index contributed by atoms with van der Waals surface area (Å²) in [5.41, 5.74) is 1.88. The van der Waals surface area contributed by atoms with Crippen LogP contribution in [0.2, 0.25) is 0 Å². The van der Waals surface area contributed by atoms with Gasteiger partial charge in [-0.15, -0.1) is 0 Å². The molecule has 2 aromatic rings. The summed E-state index contributed by atoms with van der Waals surface area (Å²) < 4.78 is 5.96. The van der Waals surface area contributed by atoms with Crippen LogP contribution in [0, 0.1) is 0 Å². The minimum atomic E-state index is -0.404. The molecule has 1 unspecified atom stereocenters. The highest BCUT2D eigenvalue weighted by Crippen LogP contribution is 2.29. The Morgan fingerprint density at radius 3 is 2.69 bits per heavy atom. The first-order chi connectivity index (χ1) is 12.3. The number of benzene rings is 2. The summed E-state index contributed by atoms with van der Waals surface area (Å²) in [6.45, 7) is 4.21. The highest BCUT2D eigenvalue weighted by Gasteiger charge is 2.15. The van der Waals surface area contributed by atoms with E-state index in [9.17, 15) is 9.90 Å². The van der Waals surface area contributed by atoms with Crippen LogP contribution in [0.5, 0.6) is 11.5 Å². The second-order valence-corrected chi connectivity index (χ2v) is 7.16. The zero-order valence-corrected chi connectivity index (χ0v) is 17.2. The molecule has 2 aromatic carbocycles. The Bertz CT molecular complexity index is 826. The van der Waals surface area contributed by atoms with Gasteiger partial charge in [-0.25, -0.2) is 0 Å². The van der Waals surface area contributed by atoms with Gasteiger partial charge in [-0.1, -0.05) is 35.8 Å². The molecule has 0 aliphatic rings. The van der Waals surface area contributed by atoms with Crippen molar-refractivity contribution in [3.8, 4) is 11.5 Å². The number of carbonyl (C=O) groups is 1. The van der Waals surface area contributed by atoms with E-state index in [0.29, 0.717) is 22.9 Å². The average molecular weight is 437 g/mol. The Hall–Kier alpha value is -2.12. The maximum Gasteiger partial charge on any atom is 0.261 e. The zero-order valence-electron chi connectivity index (χ0n) is 14.8. The maximum atomic E-state index is 12.5. The van der Waals surface area contributed by atoms with E-state index >= 15 is 0 Å². The van der Waals surface area contributed by atoms with Crippen molar-refractivity contribution in [2.45, 2.75) is 26.2 Å². The number of rotatable bonds is 5. The Labute approximate surface area is 166 Å². The number of halogens is 1. The van der Waals surface area contributed by atoms with Gasteiger partial charge in [0.25, 0.3) is 5.91 Å². The van der Waals surface area contributed by atoms with E-state index < -0.39 is 5.91 Å². The number of thiocarbonyl (C=S) groups is 1. The molecule has 0 heterocycles. The molecule has 0 saturated heterocycles. The predicted octanol–water partition coefficient (Wildman–Crippen LogP) is 4.80. The third-order valence-corrected chi connectivity index (χ3v) is 4.78. The fourth-order valence-electron chi connectivity index (χ4n) is 2.38. The molecule has 3 N–H and O–H groups in total. The van der Waals surface area contributed by atoms with Crippen molar-refractivity contribution in [3.05, 3.63) is 52.0 Å². The molecule has 0 bridgehead atoms. The van der Waals surface area contributed by atoms with Crippen LogP contribution < -0.4 is 15.4 Å². The number of amides is 1. The standard InChI is InChI=1S/C19H21BrN2O3S/c1-4-11(2)12-5-7-16(23)15(9-12)21-19(26)22-18(24)14-10-13(20)6-8-17(14)25-3/h5-11,23H,4H2,1-3H3,(H2,21,22,24,26). The number of aromatic hydroxyl groups is 1. The lowest BCUT2D eigenvalue weighted by Gasteiger charge is -2.15. The summed E-state index contributed by atoms with van der Waals surface area (Å²) in [4.78, 5) is 12.5. The Morgan fingerprint density at radius 1 is 1.31 bits per heavy atom. The molecule has 1 atom stereocenters. The lowest BCUT2D eigenvalue weighted by atomic mass is 9.98. The van der Waals surface area contributed by atoms with Gasteiger partial charge in [0.2, 0.25) is 0 Å². The lowest BCUT2D eigenvalue weighted by Crippen LogP contribution is -2.34. The lowest BCUT2D eigenvalue weighted by molar-refractivity contribution is 0.0974. The molecular weight excluding hydrogens is 416 g/mol. The van der Waals surface area contributed by atoms with Crippen LogP contribution in [-0.2, 0) is 0 Å². The Kier molecular flexibility index (Phi) is 6.99. The Morgan fingerprint density at radius 2 is 2.04 bits per heavy atom. The molecule has 0 saturated carbocycles. The monoisotopic (exact) mass is 436 g/mol. The fourth-order valence-corrected chi connectivity index (χ4v) is 2.94. The Balaban J connectivity index is 2.14. The second-order valence-electron chi connectivity index (χ2n) is 5.84. The van der Waals surface area contributed by atoms with Crippen molar-refractivity contribution in [1.82, 2.24) is 5.32 Å².